The van der Waals surface area contributed by atoms with E-state index in [9.17, 15) is 0 Å². The van der Waals surface area contributed by atoms with Crippen molar-refractivity contribution in [3.05, 3.63) is 100 Å². The van der Waals surface area contributed by atoms with Gasteiger partial charge in [0.1, 0.15) is 11.5 Å². The summed E-state index contributed by atoms with van der Waals surface area (Å²) in [5, 5.41) is 4.84. The number of methoxy groups -OCH3 is 2. The van der Waals surface area contributed by atoms with E-state index in [0.717, 1.165) is 45.3 Å². The number of nitrogens with one attached hydrogen (secondary N) is 1. The summed E-state index contributed by atoms with van der Waals surface area (Å²) in [6.45, 7) is 6.35. The Hall–Kier alpha value is -3.55. The first-order valence-corrected chi connectivity index (χ1v) is 12.8. The lowest BCUT2D eigenvalue weighted by molar-refractivity contribution is 0.403. The van der Waals surface area contributed by atoms with Crippen LogP contribution < -0.4 is 19.7 Å². The van der Waals surface area contributed by atoms with E-state index in [-0.39, 0.29) is 12.1 Å². The fraction of sp³-hybridized carbons (Fsp3) is 0.241. The summed E-state index contributed by atoms with van der Waals surface area (Å²) < 4.78 is 13.6. The van der Waals surface area contributed by atoms with E-state index in [1.54, 1.807) is 14.2 Å². The molecule has 8 heteroatoms. The lowest BCUT2D eigenvalue weighted by atomic mass is 9.96. The molecule has 0 radical (unpaired) electrons. The zero-order valence-corrected chi connectivity index (χ0v) is 23.0. The Kier molecular flexibility index (Phi) is 6.84. The highest BCUT2D eigenvalue weighted by Crippen LogP contribution is 2.47. The van der Waals surface area contributed by atoms with Crippen molar-refractivity contribution in [2.24, 2.45) is 0 Å². The molecule has 2 atom stereocenters. The smallest absolute Gasteiger partial charge is 0.174 e. The molecule has 0 saturated carbocycles. The molecule has 0 unspecified atom stereocenters. The number of aromatic nitrogens is 2. The van der Waals surface area contributed by atoms with Crippen molar-refractivity contribution in [2.75, 3.05) is 19.1 Å². The van der Waals surface area contributed by atoms with Gasteiger partial charge in [-0.3, -0.25) is 4.98 Å². The molecule has 37 heavy (non-hydrogen) atoms. The fourth-order valence-corrected chi connectivity index (χ4v) is 5.70. The molecule has 3 heterocycles. The third-order valence-electron chi connectivity index (χ3n) is 6.94. The van der Waals surface area contributed by atoms with Crippen molar-refractivity contribution in [2.45, 2.75) is 32.9 Å². The molecule has 2 aromatic heterocycles. The molecule has 4 aromatic rings. The maximum absolute atomic E-state index is 6.41. The van der Waals surface area contributed by atoms with Crippen LogP contribution in [0.25, 0.3) is 5.69 Å². The number of aryl methyl sites for hydroxylation is 2. The van der Waals surface area contributed by atoms with Gasteiger partial charge in [0.2, 0.25) is 0 Å². The lowest BCUT2D eigenvalue weighted by Gasteiger charge is -2.29. The zero-order chi connectivity index (χ0) is 26.3. The predicted molar refractivity (Wildman–Crippen MR) is 152 cm³/mol. The first kappa shape index (κ1) is 25.1. The van der Waals surface area contributed by atoms with Crippen molar-refractivity contribution in [1.29, 1.82) is 0 Å². The maximum Gasteiger partial charge on any atom is 0.174 e. The van der Waals surface area contributed by atoms with Crippen LogP contribution in [0.3, 0.4) is 0 Å². The van der Waals surface area contributed by atoms with Gasteiger partial charge in [0.25, 0.3) is 0 Å². The first-order valence-electron chi connectivity index (χ1n) is 12.0. The largest absolute Gasteiger partial charge is 0.497 e. The van der Waals surface area contributed by atoms with Crippen LogP contribution in [0.4, 0.5) is 5.69 Å². The van der Waals surface area contributed by atoms with Crippen LogP contribution in [0.15, 0.2) is 66.9 Å². The molecule has 1 saturated heterocycles. The van der Waals surface area contributed by atoms with Gasteiger partial charge in [0.05, 0.1) is 37.7 Å². The number of hydrogen-bond donors (Lipinski definition) is 1. The number of halogens is 1. The predicted octanol–water partition coefficient (Wildman–Crippen LogP) is 6.65. The molecule has 2 aromatic carbocycles. The number of rotatable bonds is 6. The molecule has 0 amide bonds. The van der Waals surface area contributed by atoms with Gasteiger partial charge in [-0.25, -0.2) is 0 Å². The van der Waals surface area contributed by atoms with Gasteiger partial charge >= 0.3 is 0 Å². The highest BCUT2D eigenvalue weighted by molar-refractivity contribution is 7.80. The summed E-state index contributed by atoms with van der Waals surface area (Å²) in [7, 11) is 3.32. The van der Waals surface area contributed by atoms with Gasteiger partial charge in [-0.05, 0) is 86.6 Å². The number of pyridine rings is 1. The topological polar surface area (TPSA) is 51.6 Å². The highest BCUT2D eigenvalue weighted by atomic mass is 35.5. The van der Waals surface area contributed by atoms with Gasteiger partial charge in [0, 0.05) is 34.4 Å². The third kappa shape index (κ3) is 4.43. The van der Waals surface area contributed by atoms with Crippen molar-refractivity contribution >= 4 is 34.6 Å². The molecule has 1 aliphatic heterocycles. The molecular weight excluding hydrogens is 504 g/mol. The van der Waals surface area contributed by atoms with Crippen LogP contribution in [-0.4, -0.2) is 28.9 Å². The van der Waals surface area contributed by atoms with E-state index in [1.165, 1.54) is 0 Å². The molecule has 0 aliphatic carbocycles. The van der Waals surface area contributed by atoms with Crippen LogP contribution in [0.2, 0.25) is 5.02 Å². The van der Waals surface area contributed by atoms with Crippen molar-refractivity contribution < 1.29 is 9.47 Å². The van der Waals surface area contributed by atoms with Crippen LogP contribution in [0.1, 0.15) is 40.3 Å². The van der Waals surface area contributed by atoms with Crippen LogP contribution in [0.5, 0.6) is 11.5 Å². The molecule has 0 bridgehead atoms. The Morgan fingerprint density at radius 1 is 0.946 bits per heavy atom. The Morgan fingerprint density at radius 2 is 1.76 bits per heavy atom. The second-order valence-corrected chi connectivity index (χ2v) is 9.95. The van der Waals surface area contributed by atoms with Gasteiger partial charge < -0.3 is 24.3 Å². The summed E-state index contributed by atoms with van der Waals surface area (Å²) in [6, 6.07) is 19.5. The number of ether oxygens (including phenoxy) is 2. The number of nitrogens with zero attached hydrogens (tertiary/aromatic N) is 3. The summed E-state index contributed by atoms with van der Waals surface area (Å²) in [6.07, 6.45) is 1.81. The molecule has 6 nitrogen and oxygen atoms in total. The van der Waals surface area contributed by atoms with E-state index in [4.69, 9.17) is 33.3 Å². The maximum atomic E-state index is 6.41. The minimum atomic E-state index is -0.192. The molecule has 0 spiro atoms. The second kappa shape index (κ2) is 10.1. The standard InChI is InChI=1S/C29H29ClN4O2S/c1-17-9-10-20(30)15-24(17)33-18(2)14-22(19(33)3)28-27(23-8-6-7-13-31-23)32-29(37)34(28)25-16-21(35-4)11-12-26(25)36-5/h6-16,27-28H,1-5H3,(H,32,37)/t27-,28+/m0/s1. The van der Waals surface area contributed by atoms with Gasteiger partial charge in [-0.15, -0.1) is 0 Å². The third-order valence-corrected chi connectivity index (χ3v) is 7.49. The fourth-order valence-electron chi connectivity index (χ4n) is 5.20. The SMILES string of the molecule is COc1ccc(OC)c(N2C(=S)N[C@@H](c3ccccn3)[C@H]2c2cc(C)n(-c3cc(Cl)ccc3C)c2C)c1. The lowest BCUT2D eigenvalue weighted by Crippen LogP contribution is -2.30. The van der Waals surface area contributed by atoms with Gasteiger partial charge in [-0.1, -0.05) is 23.7 Å². The molecular formula is C29H29ClN4O2S. The van der Waals surface area contributed by atoms with Crippen molar-refractivity contribution in [1.82, 2.24) is 14.9 Å². The number of benzene rings is 2. The molecule has 190 valence electrons. The molecule has 1 N–H and O–H groups in total. The Bertz CT molecular complexity index is 1470. The van der Waals surface area contributed by atoms with E-state index in [0.29, 0.717) is 15.9 Å². The summed E-state index contributed by atoms with van der Waals surface area (Å²) in [4.78, 5) is 6.81. The zero-order valence-electron chi connectivity index (χ0n) is 21.4. The van der Waals surface area contributed by atoms with E-state index in [1.807, 2.05) is 60.8 Å². The van der Waals surface area contributed by atoms with Gasteiger partial charge in [-0.2, -0.15) is 0 Å². The van der Waals surface area contributed by atoms with Crippen LogP contribution >= 0.6 is 23.8 Å². The highest BCUT2D eigenvalue weighted by Gasteiger charge is 2.43. The van der Waals surface area contributed by atoms with Crippen molar-refractivity contribution in [3.8, 4) is 17.2 Å². The van der Waals surface area contributed by atoms with Gasteiger partial charge in [0.15, 0.2) is 5.11 Å². The quantitative estimate of drug-likeness (QED) is 0.281. The Labute approximate surface area is 227 Å². The van der Waals surface area contributed by atoms with Crippen molar-refractivity contribution in [3.63, 3.8) is 0 Å². The summed E-state index contributed by atoms with van der Waals surface area (Å²) in [5.41, 5.74) is 7.27. The first-order chi connectivity index (χ1) is 17.8. The monoisotopic (exact) mass is 532 g/mol. The van der Waals surface area contributed by atoms with E-state index in [2.05, 4.69) is 46.6 Å². The average Bonchev–Trinajstić information content (AvgIpc) is 3.40. The molecule has 1 fully saturated rings. The minimum absolute atomic E-state index is 0.181. The van der Waals surface area contributed by atoms with Crippen LogP contribution in [0, 0.1) is 20.8 Å². The normalized spacial score (nSPS) is 17.1. The average molecular weight is 533 g/mol. The number of anilines is 1. The Balaban J connectivity index is 1.73. The summed E-state index contributed by atoms with van der Waals surface area (Å²) >= 11 is 12.4. The summed E-state index contributed by atoms with van der Waals surface area (Å²) in [5.74, 6) is 1.43. The van der Waals surface area contributed by atoms with Crippen LogP contribution in [-0.2, 0) is 0 Å². The number of hydrogen-bond acceptors (Lipinski definition) is 4. The number of thiocarbonyl (C=S) groups is 1. The molecule has 1 aliphatic rings. The Morgan fingerprint density at radius 3 is 2.46 bits per heavy atom. The molecule has 5 rings (SSSR count). The van der Waals surface area contributed by atoms with E-state index < -0.39 is 0 Å². The second-order valence-electron chi connectivity index (χ2n) is 9.13. The minimum Gasteiger partial charge on any atom is -0.497 e. The van der Waals surface area contributed by atoms with E-state index >= 15 is 0 Å².